The Morgan fingerprint density at radius 1 is 1.53 bits per heavy atom. The molecule has 1 amide bonds. The summed E-state index contributed by atoms with van der Waals surface area (Å²) in [5.41, 5.74) is 5.54. The van der Waals surface area contributed by atoms with E-state index in [-0.39, 0.29) is 11.0 Å². The third-order valence-corrected chi connectivity index (χ3v) is 2.92. The fraction of sp³-hybridized carbons (Fsp3) is 0.429. The molecular formula is C14H18FN3O. The van der Waals surface area contributed by atoms with Gasteiger partial charge in [0.2, 0.25) is 0 Å². The van der Waals surface area contributed by atoms with Gasteiger partial charge < -0.3 is 11.1 Å². The molecule has 0 aliphatic heterocycles. The Bertz CT molecular complexity index is 506. The van der Waals surface area contributed by atoms with Gasteiger partial charge in [0, 0.05) is 18.7 Å². The standard InChI is InChI=1S/C14H18FN3O/c1-14(2,6-3-7-16)9-18-10-4-5-12(15)11(8-10)13(17)19/h4-5,8,18H,3,6,9H2,1-2H3,(H2,17,19). The number of hydrogen-bond acceptors (Lipinski definition) is 3. The van der Waals surface area contributed by atoms with Crippen LogP contribution in [0.1, 0.15) is 37.0 Å². The van der Waals surface area contributed by atoms with Gasteiger partial charge in [-0.25, -0.2) is 4.39 Å². The lowest BCUT2D eigenvalue weighted by Crippen LogP contribution is -2.23. The number of hydrogen-bond donors (Lipinski definition) is 2. The molecule has 0 radical (unpaired) electrons. The predicted octanol–water partition coefficient (Wildman–Crippen LogP) is 2.67. The number of carbonyl (C=O) groups excluding carboxylic acids is 1. The highest BCUT2D eigenvalue weighted by Gasteiger charge is 2.17. The van der Waals surface area contributed by atoms with Gasteiger partial charge in [-0.3, -0.25) is 4.79 Å². The average molecular weight is 263 g/mol. The minimum atomic E-state index is -0.787. The van der Waals surface area contributed by atoms with Crippen molar-refractivity contribution in [1.29, 1.82) is 5.26 Å². The first-order valence-electron chi connectivity index (χ1n) is 6.06. The molecule has 5 heteroatoms. The number of halogens is 1. The average Bonchev–Trinajstić information content (AvgIpc) is 2.35. The van der Waals surface area contributed by atoms with Crippen LogP contribution in [0.25, 0.3) is 0 Å². The molecule has 19 heavy (non-hydrogen) atoms. The lowest BCUT2D eigenvalue weighted by molar-refractivity contribution is 0.0996. The van der Waals surface area contributed by atoms with Crippen LogP contribution in [0.3, 0.4) is 0 Å². The minimum absolute atomic E-state index is 0.0585. The van der Waals surface area contributed by atoms with Crippen molar-refractivity contribution in [1.82, 2.24) is 0 Å². The summed E-state index contributed by atoms with van der Waals surface area (Å²) in [5.74, 6) is -1.41. The van der Waals surface area contributed by atoms with Crippen molar-refractivity contribution in [2.24, 2.45) is 11.1 Å². The zero-order chi connectivity index (χ0) is 14.5. The number of nitriles is 1. The van der Waals surface area contributed by atoms with Gasteiger partial charge in [0.1, 0.15) is 5.82 Å². The summed E-state index contributed by atoms with van der Waals surface area (Å²) in [6, 6.07) is 6.29. The third-order valence-electron chi connectivity index (χ3n) is 2.92. The molecule has 0 unspecified atom stereocenters. The third kappa shape index (κ3) is 4.59. The Morgan fingerprint density at radius 2 is 2.21 bits per heavy atom. The van der Waals surface area contributed by atoms with E-state index < -0.39 is 11.7 Å². The van der Waals surface area contributed by atoms with Crippen LogP contribution in [-0.2, 0) is 0 Å². The summed E-state index contributed by atoms with van der Waals surface area (Å²) in [6.07, 6.45) is 1.25. The van der Waals surface area contributed by atoms with Crippen LogP contribution >= 0.6 is 0 Å². The Hall–Kier alpha value is -2.09. The molecule has 0 heterocycles. The highest BCUT2D eigenvalue weighted by atomic mass is 19.1. The SMILES string of the molecule is CC(C)(CCC#N)CNc1ccc(F)c(C(N)=O)c1. The second kappa shape index (κ2) is 6.19. The molecule has 1 rings (SSSR count). The number of nitrogens with one attached hydrogen (secondary N) is 1. The van der Waals surface area contributed by atoms with Crippen LogP contribution in [-0.4, -0.2) is 12.5 Å². The van der Waals surface area contributed by atoms with Crippen molar-refractivity contribution in [3.05, 3.63) is 29.6 Å². The summed E-state index contributed by atoms with van der Waals surface area (Å²) >= 11 is 0. The van der Waals surface area contributed by atoms with Crippen LogP contribution in [0, 0.1) is 22.6 Å². The smallest absolute Gasteiger partial charge is 0.251 e. The van der Waals surface area contributed by atoms with Crippen molar-refractivity contribution in [2.75, 3.05) is 11.9 Å². The minimum Gasteiger partial charge on any atom is -0.384 e. The van der Waals surface area contributed by atoms with E-state index in [4.69, 9.17) is 11.0 Å². The number of nitrogens with two attached hydrogens (primary N) is 1. The number of anilines is 1. The van der Waals surface area contributed by atoms with Crippen LogP contribution in [0.4, 0.5) is 10.1 Å². The molecular weight excluding hydrogens is 245 g/mol. The van der Waals surface area contributed by atoms with E-state index in [1.807, 2.05) is 13.8 Å². The van der Waals surface area contributed by atoms with Crippen molar-refractivity contribution >= 4 is 11.6 Å². The number of primary amides is 1. The van der Waals surface area contributed by atoms with Crippen molar-refractivity contribution in [2.45, 2.75) is 26.7 Å². The van der Waals surface area contributed by atoms with Crippen LogP contribution < -0.4 is 11.1 Å². The van der Waals surface area contributed by atoms with E-state index in [9.17, 15) is 9.18 Å². The summed E-state index contributed by atoms with van der Waals surface area (Å²) in [4.78, 5) is 11.0. The summed E-state index contributed by atoms with van der Waals surface area (Å²) in [6.45, 7) is 4.70. The first kappa shape index (κ1) is 15.0. The zero-order valence-corrected chi connectivity index (χ0v) is 11.2. The van der Waals surface area contributed by atoms with E-state index in [1.165, 1.54) is 12.1 Å². The largest absolute Gasteiger partial charge is 0.384 e. The molecule has 0 aliphatic rings. The lowest BCUT2D eigenvalue weighted by atomic mass is 9.88. The second-order valence-corrected chi connectivity index (χ2v) is 5.23. The monoisotopic (exact) mass is 263 g/mol. The molecule has 0 spiro atoms. The van der Waals surface area contributed by atoms with Gasteiger partial charge in [0.25, 0.3) is 5.91 Å². The molecule has 0 atom stereocenters. The number of amides is 1. The summed E-state index contributed by atoms with van der Waals surface area (Å²) < 4.78 is 13.3. The maximum atomic E-state index is 13.3. The second-order valence-electron chi connectivity index (χ2n) is 5.23. The molecule has 0 aromatic heterocycles. The molecule has 102 valence electrons. The number of benzene rings is 1. The van der Waals surface area contributed by atoms with E-state index in [0.29, 0.717) is 18.7 Å². The topological polar surface area (TPSA) is 78.9 Å². The Balaban J connectivity index is 2.71. The Kier molecular flexibility index (Phi) is 4.87. The summed E-state index contributed by atoms with van der Waals surface area (Å²) in [7, 11) is 0. The van der Waals surface area contributed by atoms with Crippen LogP contribution in [0.5, 0.6) is 0 Å². The predicted molar refractivity (Wildman–Crippen MR) is 72.0 cm³/mol. The molecule has 1 aromatic rings. The lowest BCUT2D eigenvalue weighted by Gasteiger charge is -2.24. The van der Waals surface area contributed by atoms with Crippen molar-refractivity contribution in [3.63, 3.8) is 0 Å². The van der Waals surface area contributed by atoms with Gasteiger partial charge in [0.15, 0.2) is 0 Å². The molecule has 0 fully saturated rings. The highest BCUT2D eigenvalue weighted by Crippen LogP contribution is 2.23. The molecule has 0 bridgehead atoms. The Morgan fingerprint density at radius 3 is 2.79 bits per heavy atom. The van der Waals surface area contributed by atoms with E-state index in [1.54, 1.807) is 6.07 Å². The molecule has 0 saturated carbocycles. The summed E-state index contributed by atoms with van der Waals surface area (Å²) in [5, 5.41) is 11.7. The molecule has 4 nitrogen and oxygen atoms in total. The number of nitrogens with zero attached hydrogens (tertiary/aromatic N) is 1. The normalized spacial score (nSPS) is 10.8. The molecule has 1 aromatic carbocycles. The van der Waals surface area contributed by atoms with Gasteiger partial charge >= 0.3 is 0 Å². The molecule has 0 saturated heterocycles. The first-order valence-corrected chi connectivity index (χ1v) is 6.06. The van der Waals surface area contributed by atoms with Crippen molar-refractivity contribution < 1.29 is 9.18 Å². The number of rotatable bonds is 6. The quantitative estimate of drug-likeness (QED) is 0.828. The maximum Gasteiger partial charge on any atom is 0.251 e. The fourth-order valence-corrected chi connectivity index (χ4v) is 1.65. The Labute approximate surface area is 112 Å². The first-order chi connectivity index (χ1) is 8.85. The molecule has 3 N–H and O–H groups in total. The van der Waals surface area contributed by atoms with Crippen LogP contribution in [0.2, 0.25) is 0 Å². The van der Waals surface area contributed by atoms with Gasteiger partial charge in [-0.1, -0.05) is 13.8 Å². The van der Waals surface area contributed by atoms with Gasteiger partial charge in [-0.15, -0.1) is 0 Å². The molecule has 0 aliphatic carbocycles. The zero-order valence-electron chi connectivity index (χ0n) is 11.2. The highest BCUT2D eigenvalue weighted by molar-refractivity contribution is 5.94. The van der Waals surface area contributed by atoms with E-state index >= 15 is 0 Å². The fourth-order valence-electron chi connectivity index (χ4n) is 1.65. The van der Waals surface area contributed by atoms with Gasteiger partial charge in [-0.2, -0.15) is 5.26 Å². The van der Waals surface area contributed by atoms with E-state index in [0.717, 1.165) is 6.42 Å². The van der Waals surface area contributed by atoms with Crippen LogP contribution in [0.15, 0.2) is 18.2 Å². The van der Waals surface area contributed by atoms with E-state index in [2.05, 4.69) is 11.4 Å². The van der Waals surface area contributed by atoms with Gasteiger partial charge in [-0.05, 0) is 30.0 Å². The number of carbonyl (C=O) groups is 1. The maximum absolute atomic E-state index is 13.3. The van der Waals surface area contributed by atoms with Crippen molar-refractivity contribution in [3.8, 4) is 6.07 Å². The van der Waals surface area contributed by atoms with Gasteiger partial charge in [0.05, 0.1) is 11.6 Å².